The van der Waals surface area contributed by atoms with Gasteiger partial charge in [0.05, 0.1) is 5.41 Å². The Kier molecular flexibility index (Phi) is 5.54. The molecule has 1 saturated heterocycles. The van der Waals surface area contributed by atoms with E-state index in [0.717, 1.165) is 0 Å². The standard InChI is InChI=1S/C19H22F6O6/c1-4-16(3,5-2)13(26)29-10-8-6-9-11(10)30-14(27)17(9,7-8)15(28)31-12(18(20,21)22)19(23,24)25/h8-12H,4-7H2,1-3H3. The lowest BCUT2D eigenvalue weighted by Gasteiger charge is -2.34. The number of halogens is 6. The van der Waals surface area contributed by atoms with Crippen LogP contribution in [0.4, 0.5) is 26.3 Å². The number of hydrogen-bond donors (Lipinski definition) is 0. The zero-order valence-corrected chi connectivity index (χ0v) is 16.9. The Hall–Kier alpha value is -2.01. The summed E-state index contributed by atoms with van der Waals surface area (Å²) in [5, 5.41) is 0. The highest BCUT2D eigenvalue weighted by molar-refractivity contribution is 6.03. The minimum absolute atomic E-state index is 0.0844. The maximum Gasteiger partial charge on any atom is 0.434 e. The Morgan fingerprint density at radius 3 is 2.16 bits per heavy atom. The normalized spacial score (nSPS) is 32.4. The second-order valence-electron chi connectivity index (χ2n) is 8.65. The van der Waals surface area contributed by atoms with Crippen LogP contribution in [0.15, 0.2) is 0 Å². The Morgan fingerprint density at radius 2 is 1.68 bits per heavy atom. The van der Waals surface area contributed by atoms with Crippen molar-refractivity contribution in [3.05, 3.63) is 0 Å². The van der Waals surface area contributed by atoms with E-state index >= 15 is 0 Å². The van der Waals surface area contributed by atoms with Gasteiger partial charge < -0.3 is 14.2 Å². The third kappa shape index (κ3) is 3.55. The van der Waals surface area contributed by atoms with Gasteiger partial charge in [0.1, 0.15) is 12.2 Å². The van der Waals surface area contributed by atoms with Crippen LogP contribution in [-0.4, -0.2) is 48.6 Å². The second kappa shape index (κ2) is 7.26. The molecule has 5 atom stereocenters. The molecule has 3 rings (SSSR count). The van der Waals surface area contributed by atoms with Crippen LogP contribution in [0.3, 0.4) is 0 Å². The fraction of sp³-hybridized carbons (Fsp3) is 0.842. The first kappa shape index (κ1) is 23.6. The number of carbonyl (C=O) groups excluding carboxylic acids is 3. The maximum atomic E-state index is 12.8. The molecule has 0 aromatic rings. The third-order valence-corrected chi connectivity index (χ3v) is 7.05. The van der Waals surface area contributed by atoms with Gasteiger partial charge in [0, 0.05) is 11.8 Å². The van der Waals surface area contributed by atoms with E-state index in [1.165, 1.54) is 0 Å². The summed E-state index contributed by atoms with van der Waals surface area (Å²) in [6.07, 6.45) is -17.5. The number of ether oxygens (including phenoxy) is 3. The molecule has 0 spiro atoms. The number of hydrogen-bond acceptors (Lipinski definition) is 6. The van der Waals surface area contributed by atoms with Crippen molar-refractivity contribution in [3.63, 3.8) is 0 Å². The summed E-state index contributed by atoms with van der Waals surface area (Å²) in [5.41, 5.74) is -3.06. The zero-order valence-electron chi connectivity index (χ0n) is 16.9. The average molecular weight is 460 g/mol. The van der Waals surface area contributed by atoms with Gasteiger partial charge in [-0.1, -0.05) is 13.8 Å². The van der Waals surface area contributed by atoms with Crippen LogP contribution in [0.25, 0.3) is 0 Å². The average Bonchev–Trinajstić information content (AvgIpc) is 3.25. The first-order chi connectivity index (χ1) is 14.1. The summed E-state index contributed by atoms with van der Waals surface area (Å²) in [5.74, 6) is -5.34. The predicted octanol–water partition coefficient (Wildman–Crippen LogP) is 3.71. The Balaban J connectivity index is 1.81. The highest BCUT2D eigenvalue weighted by Gasteiger charge is 2.76. The quantitative estimate of drug-likeness (QED) is 0.260. The van der Waals surface area contributed by atoms with E-state index in [2.05, 4.69) is 4.74 Å². The molecule has 3 aliphatic rings. The molecule has 2 aliphatic carbocycles. The van der Waals surface area contributed by atoms with Crippen LogP contribution >= 0.6 is 0 Å². The van der Waals surface area contributed by atoms with Crippen molar-refractivity contribution in [1.82, 2.24) is 0 Å². The minimum atomic E-state index is -5.90. The molecule has 2 bridgehead atoms. The fourth-order valence-electron chi connectivity index (χ4n) is 4.77. The summed E-state index contributed by atoms with van der Waals surface area (Å²) in [4.78, 5) is 37.5. The minimum Gasteiger partial charge on any atom is -0.458 e. The highest BCUT2D eigenvalue weighted by Crippen LogP contribution is 2.63. The fourth-order valence-corrected chi connectivity index (χ4v) is 4.77. The van der Waals surface area contributed by atoms with E-state index in [1.54, 1.807) is 20.8 Å². The number of fused-ring (bicyclic) bond motifs is 1. The van der Waals surface area contributed by atoms with Gasteiger partial charge in [-0.25, -0.2) is 0 Å². The smallest absolute Gasteiger partial charge is 0.434 e. The molecule has 1 aliphatic heterocycles. The number of carbonyl (C=O) groups is 3. The first-order valence-corrected chi connectivity index (χ1v) is 9.88. The second-order valence-corrected chi connectivity index (χ2v) is 8.65. The molecule has 5 unspecified atom stereocenters. The van der Waals surface area contributed by atoms with Crippen LogP contribution in [0.1, 0.15) is 46.5 Å². The van der Waals surface area contributed by atoms with Crippen LogP contribution in [0.5, 0.6) is 0 Å². The van der Waals surface area contributed by atoms with E-state index in [0.29, 0.717) is 12.8 Å². The van der Waals surface area contributed by atoms with Gasteiger partial charge in [-0.3, -0.25) is 14.4 Å². The Bertz CT molecular complexity index is 759. The van der Waals surface area contributed by atoms with Gasteiger partial charge in [0.15, 0.2) is 5.41 Å². The van der Waals surface area contributed by atoms with Crippen molar-refractivity contribution in [2.24, 2.45) is 22.7 Å². The SMILES string of the molecule is CCC(C)(CC)C(=O)OC1C2CC3C1OC(=O)C3(C(=O)OC(C(F)(F)F)C(F)(F)F)C2. The molecule has 0 N–H and O–H groups in total. The van der Waals surface area contributed by atoms with Crippen LogP contribution in [0.2, 0.25) is 0 Å². The summed E-state index contributed by atoms with van der Waals surface area (Å²) in [7, 11) is 0. The molecule has 0 aromatic heterocycles. The van der Waals surface area contributed by atoms with Crippen LogP contribution < -0.4 is 0 Å². The zero-order chi connectivity index (χ0) is 23.6. The summed E-state index contributed by atoms with van der Waals surface area (Å²) >= 11 is 0. The van der Waals surface area contributed by atoms with E-state index in [-0.39, 0.29) is 6.42 Å². The monoisotopic (exact) mass is 460 g/mol. The third-order valence-electron chi connectivity index (χ3n) is 7.05. The first-order valence-electron chi connectivity index (χ1n) is 9.88. The largest absolute Gasteiger partial charge is 0.458 e. The Labute approximate surface area is 173 Å². The predicted molar refractivity (Wildman–Crippen MR) is 89.1 cm³/mol. The van der Waals surface area contributed by atoms with Crippen molar-refractivity contribution < 1.29 is 54.9 Å². The molecule has 0 aromatic carbocycles. The van der Waals surface area contributed by atoms with E-state index in [1.807, 2.05) is 0 Å². The van der Waals surface area contributed by atoms with Gasteiger partial charge >= 0.3 is 30.3 Å². The van der Waals surface area contributed by atoms with Crippen molar-refractivity contribution in [1.29, 1.82) is 0 Å². The molecular formula is C19H22F6O6. The van der Waals surface area contributed by atoms with Gasteiger partial charge in [-0.2, -0.15) is 26.3 Å². The van der Waals surface area contributed by atoms with Crippen LogP contribution in [0, 0.1) is 22.7 Å². The number of rotatable bonds is 6. The summed E-state index contributed by atoms with van der Waals surface area (Å²) in [6.45, 7) is 5.28. The van der Waals surface area contributed by atoms with E-state index < -0.39 is 77.7 Å². The van der Waals surface area contributed by atoms with Gasteiger partial charge in [-0.15, -0.1) is 0 Å². The maximum absolute atomic E-state index is 12.8. The topological polar surface area (TPSA) is 78.9 Å². The summed E-state index contributed by atoms with van der Waals surface area (Å²) < 4.78 is 91.3. The van der Waals surface area contributed by atoms with Crippen molar-refractivity contribution in [2.45, 2.75) is 77.1 Å². The molecular weight excluding hydrogens is 438 g/mol. The Morgan fingerprint density at radius 1 is 1.13 bits per heavy atom. The number of alkyl halides is 6. The molecule has 12 heteroatoms. The molecule has 2 saturated carbocycles. The molecule has 0 amide bonds. The lowest BCUT2D eigenvalue weighted by atomic mass is 9.73. The van der Waals surface area contributed by atoms with Crippen molar-refractivity contribution in [2.75, 3.05) is 0 Å². The van der Waals surface area contributed by atoms with E-state index in [9.17, 15) is 40.7 Å². The van der Waals surface area contributed by atoms with Gasteiger partial charge in [0.2, 0.25) is 0 Å². The van der Waals surface area contributed by atoms with Crippen LogP contribution in [-0.2, 0) is 28.6 Å². The molecule has 0 radical (unpaired) electrons. The summed E-state index contributed by atoms with van der Waals surface area (Å²) in [6, 6.07) is 0. The molecule has 31 heavy (non-hydrogen) atoms. The molecule has 1 heterocycles. The van der Waals surface area contributed by atoms with Gasteiger partial charge in [-0.05, 0) is 32.6 Å². The lowest BCUT2D eigenvalue weighted by molar-refractivity contribution is -0.315. The van der Waals surface area contributed by atoms with Crippen molar-refractivity contribution >= 4 is 17.9 Å². The highest BCUT2D eigenvalue weighted by atomic mass is 19.4. The molecule has 6 nitrogen and oxygen atoms in total. The molecule has 176 valence electrons. The lowest BCUT2D eigenvalue weighted by Crippen LogP contribution is -2.51. The number of esters is 3. The van der Waals surface area contributed by atoms with E-state index in [4.69, 9.17) is 9.47 Å². The van der Waals surface area contributed by atoms with Crippen molar-refractivity contribution in [3.8, 4) is 0 Å². The van der Waals surface area contributed by atoms with Gasteiger partial charge in [0.25, 0.3) is 6.10 Å². The molecule has 3 fully saturated rings.